The second kappa shape index (κ2) is 4.00. The zero-order chi connectivity index (χ0) is 14.8. The van der Waals surface area contributed by atoms with E-state index >= 15 is 0 Å². The molecule has 1 aliphatic heterocycles. The Morgan fingerprint density at radius 2 is 2.18 bits per heavy atom. The minimum absolute atomic E-state index is 0.0520. The van der Waals surface area contributed by atoms with Crippen molar-refractivity contribution in [3.05, 3.63) is 58.7 Å². The molecule has 0 radical (unpaired) electrons. The molecule has 0 bridgehead atoms. The van der Waals surface area contributed by atoms with E-state index in [1.807, 2.05) is 30.3 Å². The Hall–Kier alpha value is -2.56. The molecule has 0 amide bonds. The number of hydrogen-bond acceptors (Lipinski definition) is 4. The Morgan fingerprint density at radius 3 is 3.00 bits per heavy atom. The van der Waals surface area contributed by atoms with Gasteiger partial charge in [-0.25, -0.2) is 4.98 Å². The van der Waals surface area contributed by atoms with Gasteiger partial charge in [0, 0.05) is 24.7 Å². The van der Waals surface area contributed by atoms with Gasteiger partial charge in [-0.2, -0.15) is 0 Å². The molecule has 0 unspecified atom stereocenters. The van der Waals surface area contributed by atoms with Crippen molar-refractivity contribution in [2.24, 2.45) is 11.8 Å². The van der Waals surface area contributed by atoms with Crippen LogP contribution < -0.4 is 10.5 Å². The molecule has 3 aromatic rings. The monoisotopic (exact) mass is 293 g/mol. The molecule has 1 fully saturated rings. The molecule has 0 N–H and O–H groups in total. The molecule has 5 rings (SSSR count). The highest BCUT2D eigenvalue weighted by Gasteiger charge is 2.55. The van der Waals surface area contributed by atoms with Gasteiger partial charge in [-0.05, 0) is 30.0 Å². The van der Waals surface area contributed by atoms with Crippen LogP contribution in [-0.2, 0) is 0 Å². The van der Waals surface area contributed by atoms with Crippen molar-refractivity contribution in [2.75, 3.05) is 11.4 Å². The number of hydrogen-bond donors (Lipinski definition) is 0. The molecule has 2 aliphatic rings. The minimum Gasteiger partial charge on any atom is -0.448 e. The summed E-state index contributed by atoms with van der Waals surface area (Å²) in [6.07, 6.45) is 3.45. The first-order valence-corrected chi connectivity index (χ1v) is 7.58. The smallest absolute Gasteiger partial charge is 0.263 e. The fraction of sp³-hybridized carbons (Fsp3) is 0.294. The lowest BCUT2D eigenvalue weighted by molar-refractivity contribution is 0.547. The summed E-state index contributed by atoms with van der Waals surface area (Å²) in [7, 11) is 0. The van der Waals surface area contributed by atoms with Gasteiger partial charge in [0.15, 0.2) is 0 Å². The van der Waals surface area contributed by atoms with Gasteiger partial charge in [0.2, 0.25) is 5.88 Å². The second-order valence-corrected chi connectivity index (χ2v) is 6.19. The van der Waals surface area contributed by atoms with Crippen molar-refractivity contribution < 1.29 is 4.42 Å². The maximum atomic E-state index is 12.9. The van der Waals surface area contributed by atoms with Gasteiger partial charge in [-0.1, -0.05) is 13.0 Å². The Bertz CT molecular complexity index is 929. The zero-order valence-electron chi connectivity index (χ0n) is 12.1. The number of nitrogens with zero attached hydrogens (tertiary/aromatic N) is 3. The van der Waals surface area contributed by atoms with E-state index in [0.29, 0.717) is 23.4 Å². The van der Waals surface area contributed by atoms with Crippen molar-refractivity contribution >= 4 is 17.3 Å². The Morgan fingerprint density at radius 1 is 1.27 bits per heavy atom. The van der Waals surface area contributed by atoms with Crippen LogP contribution in [-0.4, -0.2) is 15.9 Å². The Balaban J connectivity index is 1.83. The van der Waals surface area contributed by atoms with Crippen LogP contribution in [0.5, 0.6) is 0 Å². The van der Waals surface area contributed by atoms with Gasteiger partial charge in [0.05, 0.1) is 11.8 Å². The molecule has 110 valence electrons. The third-order valence-electron chi connectivity index (χ3n) is 5.07. The predicted molar refractivity (Wildman–Crippen MR) is 82.6 cm³/mol. The Labute approximate surface area is 126 Å². The van der Waals surface area contributed by atoms with E-state index in [0.717, 1.165) is 23.8 Å². The summed E-state index contributed by atoms with van der Waals surface area (Å²) in [5.74, 6) is 2.88. The summed E-state index contributed by atoms with van der Waals surface area (Å²) in [6.45, 7) is 3.08. The van der Waals surface area contributed by atoms with Crippen molar-refractivity contribution in [1.82, 2.24) is 9.38 Å². The van der Waals surface area contributed by atoms with E-state index in [2.05, 4.69) is 11.8 Å². The van der Waals surface area contributed by atoms with Crippen LogP contribution in [0.25, 0.3) is 5.65 Å². The first-order chi connectivity index (χ1) is 10.8. The molecule has 3 aromatic heterocycles. The van der Waals surface area contributed by atoms with Crippen molar-refractivity contribution in [3.63, 3.8) is 0 Å². The van der Waals surface area contributed by atoms with Crippen LogP contribution in [0.2, 0.25) is 0 Å². The summed E-state index contributed by atoms with van der Waals surface area (Å²) in [5, 5.41) is 0. The maximum Gasteiger partial charge on any atom is 0.263 e. The van der Waals surface area contributed by atoms with E-state index in [1.54, 1.807) is 16.9 Å². The standard InChI is InChI=1S/C17H15N3O2/c1-10-11-9-20(13-6-4-8-22-13)16-15(14(10)11)17(21)19-7-3-2-5-12(19)18-16/h2-8,10-11,14H,9H2,1H3/t10-,11-,14+/m0/s1. The first kappa shape index (κ1) is 12.0. The van der Waals surface area contributed by atoms with Gasteiger partial charge < -0.3 is 4.42 Å². The molecule has 5 nitrogen and oxygen atoms in total. The molecule has 22 heavy (non-hydrogen) atoms. The van der Waals surface area contributed by atoms with Gasteiger partial charge in [-0.15, -0.1) is 0 Å². The SMILES string of the molecule is C[C@H]1[C@@H]2CN(c3ccco3)c3nc4ccccn4c(=O)c3[C@H]12. The lowest BCUT2D eigenvalue weighted by atomic mass is 10.1. The van der Waals surface area contributed by atoms with Crippen LogP contribution in [0.3, 0.4) is 0 Å². The van der Waals surface area contributed by atoms with E-state index in [1.165, 1.54) is 0 Å². The fourth-order valence-corrected chi connectivity index (χ4v) is 3.81. The molecular weight excluding hydrogens is 278 g/mol. The van der Waals surface area contributed by atoms with E-state index in [-0.39, 0.29) is 5.56 Å². The summed E-state index contributed by atoms with van der Waals surface area (Å²) in [6, 6.07) is 9.42. The van der Waals surface area contributed by atoms with Crippen LogP contribution in [0.4, 0.5) is 11.7 Å². The van der Waals surface area contributed by atoms with Crippen LogP contribution in [0.15, 0.2) is 52.0 Å². The van der Waals surface area contributed by atoms with E-state index in [4.69, 9.17) is 9.40 Å². The largest absolute Gasteiger partial charge is 0.448 e. The second-order valence-electron chi connectivity index (χ2n) is 6.19. The lowest BCUT2D eigenvalue weighted by Gasteiger charge is -2.27. The van der Waals surface area contributed by atoms with E-state index < -0.39 is 0 Å². The summed E-state index contributed by atoms with van der Waals surface area (Å²) >= 11 is 0. The topological polar surface area (TPSA) is 50.8 Å². The summed E-state index contributed by atoms with van der Waals surface area (Å²) in [5.41, 5.74) is 1.56. The Kier molecular flexibility index (Phi) is 2.19. The third kappa shape index (κ3) is 1.43. The van der Waals surface area contributed by atoms with Crippen molar-refractivity contribution in [1.29, 1.82) is 0 Å². The zero-order valence-corrected chi connectivity index (χ0v) is 12.1. The predicted octanol–water partition coefficient (Wildman–Crippen LogP) is 2.79. The highest BCUT2D eigenvalue weighted by Crippen LogP contribution is 2.58. The number of aromatic nitrogens is 2. The van der Waals surface area contributed by atoms with E-state index in [9.17, 15) is 4.79 Å². The molecule has 1 aliphatic carbocycles. The average molecular weight is 293 g/mol. The molecule has 0 aromatic carbocycles. The quantitative estimate of drug-likeness (QED) is 0.692. The number of anilines is 2. The first-order valence-electron chi connectivity index (χ1n) is 7.58. The van der Waals surface area contributed by atoms with Crippen LogP contribution in [0.1, 0.15) is 18.4 Å². The fourth-order valence-electron chi connectivity index (χ4n) is 3.81. The number of fused-ring (bicyclic) bond motifs is 4. The van der Waals surface area contributed by atoms with Crippen molar-refractivity contribution in [3.8, 4) is 0 Å². The highest BCUT2D eigenvalue weighted by atomic mass is 16.3. The van der Waals surface area contributed by atoms with Gasteiger partial charge in [0.25, 0.3) is 5.56 Å². The number of pyridine rings is 1. The average Bonchev–Trinajstić information content (AvgIpc) is 2.97. The number of rotatable bonds is 1. The molecular formula is C17H15N3O2. The molecule has 1 saturated carbocycles. The molecule has 3 atom stereocenters. The lowest BCUT2D eigenvalue weighted by Crippen LogP contribution is -2.32. The molecule has 0 saturated heterocycles. The normalized spacial score (nSPS) is 25.9. The summed E-state index contributed by atoms with van der Waals surface area (Å²) in [4.78, 5) is 19.7. The van der Waals surface area contributed by atoms with Gasteiger partial charge in [0.1, 0.15) is 11.5 Å². The highest BCUT2D eigenvalue weighted by molar-refractivity contribution is 5.66. The summed E-state index contributed by atoms with van der Waals surface area (Å²) < 4.78 is 7.21. The van der Waals surface area contributed by atoms with Crippen molar-refractivity contribution in [2.45, 2.75) is 12.8 Å². The maximum absolute atomic E-state index is 12.9. The van der Waals surface area contributed by atoms with Gasteiger partial charge >= 0.3 is 0 Å². The molecule has 0 spiro atoms. The molecule has 4 heterocycles. The van der Waals surface area contributed by atoms with Crippen LogP contribution in [0, 0.1) is 11.8 Å². The number of furan rings is 1. The third-order valence-corrected chi connectivity index (χ3v) is 5.07. The van der Waals surface area contributed by atoms with Crippen LogP contribution >= 0.6 is 0 Å². The molecule has 5 heteroatoms. The minimum atomic E-state index is 0.0520. The van der Waals surface area contributed by atoms with Gasteiger partial charge in [-0.3, -0.25) is 14.1 Å².